The maximum absolute atomic E-state index is 12.1. The molecule has 2 rings (SSSR count). The standard InChI is InChI=1S/C12H22N6OS/c1-10(18-6-4-17(2)5-7-18)11(19)13-3-8-20-12-14-9-15-16-12/h9-10H,3-8H2,1-2H3,(H,13,19)(H,14,15,16)/t10-/m0/s1. The van der Waals surface area contributed by atoms with Gasteiger partial charge in [0.25, 0.3) is 0 Å². The van der Waals surface area contributed by atoms with Gasteiger partial charge in [-0.2, -0.15) is 5.10 Å². The fraction of sp³-hybridized carbons (Fsp3) is 0.750. The largest absolute Gasteiger partial charge is 0.354 e. The molecule has 112 valence electrons. The first-order valence-corrected chi connectivity index (χ1v) is 7.84. The summed E-state index contributed by atoms with van der Waals surface area (Å²) in [5.41, 5.74) is 0. The van der Waals surface area contributed by atoms with E-state index in [0.29, 0.717) is 6.54 Å². The molecule has 8 heteroatoms. The highest BCUT2D eigenvalue weighted by Crippen LogP contribution is 2.09. The van der Waals surface area contributed by atoms with Gasteiger partial charge in [0.1, 0.15) is 6.33 Å². The topological polar surface area (TPSA) is 77.1 Å². The van der Waals surface area contributed by atoms with E-state index >= 15 is 0 Å². The Morgan fingerprint density at radius 1 is 1.50 bits per heavy atom. The van der Waals surface area contributed by atoms with Crippen molar-refractivity contribution < 1.29 is 4.79 Å². The van der Waals surface area contributed by atoms with Crippen LogP contribution in [0.25, 0.3) is 0 Å². The molecular formula is C12H22N6OS. The van der Waals surface area contributed by atoms with Gasteiger partial charge in [0.05, 0.1) is 6.04 Å². The van der Waals surface area contributed by atoms with Gasteiger partial charge in [-0.3, -0.25) is 14.8 Å². The van der Waals surface area contributed by atoms with Crippen LogP contribution in [0.2, 0.25) is 0 Å². The molecule has 0 radical (unpaired) electrons. The molecule has 1 aromatic heterocycles. The highest BCUT2D eigenvalue weighted by atomic mass is 32.2. The van der Waals surface area contributed by atoms with Crippen LogP contribution in [-0.4, -0.2) is 82.5 Å². The van der Waals surface area contributed by atoms with E-state index in [1.54, 1.807) is 11.8 Å². The number of thioether (sulfide) groups is 1. The summed E-state index contributed by atoms with van der Waals surface area (Å²) in [4.78, 5) is 20.6. The zero-order valence-electron chi connectivity index (χ0n) is 12.0. The highest BCUT2D eigenvalue weighted by Gasteiger charge is 2.23. The van der Waals surface area contributed by atoms with Crippen LogP contribution in [0.3, 0.4) is 0 Å². The maximum atomic E-state index is 12.1. The molecule has 0 aromatic carbocycles. The third-order valence-electron chi connectivity index (χ3n) is 3.50. The Labute approximate surface area is 123 Å². The molecule has 1 amide bonds. The molecule has 1 fully saturated rings. The van der Waals surface area contributed by atoms with Crippen molar-refractivity contribution in [3.63, 3.8) is 0 Å². The van der Waals surface area contributed by atoms with Crippen LogP contribution in [-0.2, 0) is 4.79 Å². The molecule has 1 aromatic rings. The quantitative estimate of drug-likeness (QED) is 0.552. The minimum absolute atomic E-state index is 0.0565. The lowest BCUT2D eigenvalue weighted by molar-refractivity contribution is -0.126. The second-order valence-electron chi connectivity index (χ2n) is 4.95. The fourth-order valence-electron chi connectivity index (χ4n) is 2.11. The third kappa shape index (κ3) is 4.46. The summed E-state index contributed by atoms with van der Waals surface area (Å²) in [5.74, 6) is 0.892. The summed E-state index contributed by atoms with van der Waals surface area (Å²) in [6.45, 7) is 6.58. The van der Waals surface area contributed by atoms with Crippen LogP contribution in [0.1, 0.15) is 6.92 Å². The van der Waals surface area contributed by atoms with Gasteiger partial charge in [-0.15, -0.1) is 0 Å². The van der Waals surface area contributed by atoms with E-state index in [1.807, 2.05) is 6.92 Å². The first-order valence-electron chi connectivity index (χ1n) is 6.85. The summed E-state index contributed by atoms with van der Waals surface area (Å²) in [5, 5.41) is 10.3. The van der Waals surface area contributed by atoms with Crippen LogP contribution in [0, 0.1) is 0 Å². The van der Waals surface area contributed by atoms with Gasteiger partial charge in [-0.25, -0.2) is 4.98 Å². The molecule has 1 atom stereocenters. The average Bonchev–Trinajstić information content (AvgIpc) is 2.96. The first-order chi connectivity index (χ1) is 9.66. The number of carbonyl (C=O) groups excluding carboxylic acids is 1. The van der Waals surface area contributed by atoms with Crippen molar-refractivity contribution in [2.24, 2.45) is 0 Å². The molecule has 20 heavy (non-hydrogen) atoms. The highest BCUT2D eigenvalue weighted by molar-refractivity contribution is 7.99. The van der Waals surface area contributed by atoms with Gasteiger partial charge in [-0.05, 0) is 14.0 Å². The van der Waals surface area contributed by atoms with Gasteiger partial charge < -0.3 is 10.2 Å². The van der Waals surface area contributed by atoms with Crippen LogP contribution >= 0.6 is 11.8 Å². The smallest absolute Gasteiger partial charge is 0.237 e. The summed E-state index contributed by atoms with van der Waals surface area (Å²) >= 11 is 1.55. The zero-order chi connectivity index (χ0) is 14.4. The summed E-state index contributed by atoms with van der Waals surface area (Å²) in [6, 6.07) is -0.0565. The first kappa shape index (κ1) is 15.3. The van der Waals surface area contributed by atoms with Gasteiger partial charge in [0.15, 0.2) is 5.16 Å². The Morgan fingerprint density at radius 3 is 2.90 bits per heavy atom. The number of rotatable bonds is 6. The zero-order valence-corrected chi connectivity index (χ0v) is 12.8. The minimum atomic E-state index is -0.0565. The van der Waals surface area contributed by atoms with Crippen molar-refractivity contribution in [2.75, 3.05) is 45.5 Å². The number of nitrogens with one attached hydrogen (secondary N) is 2. The lowest BCUT2D eigenvalue weighted by Crippen LogP contribution is -2.53. The van der Waals surface area contributed by atoms with Gasteiger partial charge in [0.2, 0.25) is 5.91 Å². The fourth-order valence-corrected chi connectivity index (χ4v) is 2.74. The number of piperazine rings is 1. The number of H-pyrrole nitrogens is 1. The molecule has 1 aliphatic heterocycles. The molecule has 0 spiro atoms. The van der Waals surface area contributed by atoms with Crippen molar-refractivity contribution in [3.8, 4) is 0 Å². The van der Waals surface area contributed by atoms with E-state index in [-0.39, 0.29) is 11.9 Å². The van der Waals surface area contributed by atoms with Gasteiger partial charge in [0, 0.05) is 38.5 Å². The van der Waals surface area contributed by atoms with E-state index in [0.717, 1.165) is 37.1 Å². The van der Waals surface area contributed by atoms with E-state index < -0.39 is 0 Å². The summed E-state index contributed by atoms with van der Waals surface area (Å²) in [6.07, 6.45) is 1.48. The van der Waals surface area contributed by atoms with Crippen LogP contribution in [0.15, 0.2) is 11.5 Å². The number of aromatic amines is 1. The van der Waals surface area contributed by atoms with Crippen molar-refractivity contribution >= 4 is 17.7 Å². The number of hydrogen-bond acceptors (Lipinski definition) is 6. The Balaban J connectivity index is 1.63. The molecule has 0 aliphatic carbocycles. The Bertz CT molecular complexity index is 404. The van der Waals surface area contributed by atoms with Crippen LogP contribution in [0.4, 0.5) is 0 Å². The number of nitrogens with zero attached hydrogens (tertiary/aromatic N) is 4. The van der Waals surface area contributed by atoms with E-state index in [2.05, 4.69) is 37.3 Å². The Hall–Kier alpha value is -1.12. The van der Waals surface area contributed by atoms with Gasteiger partial charge >= 0.3 is 0 Å². The lowest BCUT2D eigenvalue weighted by Gasteiger charge is -2.35. The summed E-state index contributed by atoms with van der Waals surface area (Å²) in [7, 11) is 2.11. The molecule has 1 saturated heterocycles. The second kappa shape index (κ2) is 7.61. The van der Waals surface area contributed by atoms with Crippen molar-refractivity contribution in [3.05, 3.63) is 6.33 Å². The SMILES string of the molecule is C[C@@H](C(=O)NCCSc1ncn[nH]1)N1CCN(C)CC1. The molecule has 0 bridgehead atoms. The third-order valence-corrected chi connectivity index (χ3v) is 4.38. The predicted molar refractivity (Wildman–Crippen MR) is 78.6 cm³/mol. The molecule has 0 saturated carbocycles. The molecule has 7 nitrogen and oxygen atoms in total. The van der Waals surface area contributed by atoms with E-state index in [9.17, 15) is 4.79 Å². The second-order valence-corrected chi connectivity index (χ2v) is 6.03. The molecule has 2 N–H and O–H groups in total. The predicted octanol–water partition coefficient (Wildman–Crippen LogP) is -0.351. The van der Waals surface area contributed by atoms with E-state index in [1.165, 1.54) is 6.33 Å². The number of hydrogen-bond donors (Lipinski definition) is 2. The number of likely N-dealkylation sites (N-methyl/N-ethyl adjacent to an activating group) is 1. The average molecular weight is 298 g/mol. The molecule has 1 aliphatic rings. The van der Waals surface area contributed by atoms with Gasteiger partial charge in [-0.1, -0.05) is 11.8 Å². The molecule has 2 heterocycles. The maximum Gasteiger partial charge on any atom is 0.237 e. The normalized spacial score (nSPS) is 18.9. The summed E-state index contributed by atoms with van der Waals surface area (Å²) < 4.78 is 0. The van der Waals surface area contributed by atoms with Crippen molar-refractivity contribution in [1.82, 2.24) is 30.3 Å². The Morgan fingerprint density at radius 2 is 2.25 bits per heavy atom. The number of aromatic nitrogens is 3. The number of carbonyl (C=O) groups is 1. The Kier molecular flexibility index (Phi) is 5.81. The van der Waals surface area contributed by atoms with Crippen LogP contribution < -0.4 is 5.32 Å². The molecule has 0 unspecified atom stereocenters. The van der Waals surface area contributed by atoms with E-state index in [4.69, 9.17) is 0 Å². The lowest BCUT2D eigenvalue weighted by atomic mass is 10.2. The van der Waals surface area contributed by atoms with Crippen LogP contribution in [0.5, 0.6) is 0 Å². The molecular weight excluding hydrogens is 276 g/mol. The van der Waals surface area contributed by atoms with Crippen molar-refractivity contribution in [2.45, 2.75) is 18.1 Å². The van der Waals surface area contributed by atoms with Crippen molar-refractivity contribution in [1.29, 1.82) is 0 Å². The minimum Gasteiger partial charge on any atom is -0.354 e. The number of amides is 1. The monoisotopic (exact) mass is 298 g/mol.